The van der Waals surface area contributed by atoms with Crippen LogP contribution in [0.4, 0.5) is 5.69 Å². The molecule has 0 radical (unpaired) electrons. The van der Waals surface area contributed by atoms with Crippen molar-refractivity contribution >= 4 is 37.8 Å². The summed E-state index contributed by atoms with van der Waals surface area (Å²) in [5.74, 6) is -0.137. The maximum atomic E-state index is 12.7. The first-order valence-corrected chi connectivity index (χ1v) is 11.3. The zero-order valence-corrected chi connectivity index (χ0v) is 17.8. The molecule has 0 atom stereocenters. The summed E-state index contributed by atoms with van der Waals surface area (Å²) in [4.78, 5) is 28.8. The summed E-state index contributed by atoms with van der Waals surface area (Å²) in [5.41, 5.74) is 2.57. The lowest BCUT2D eigenvalue weighted by atomic mass is 10.1. The molecule has 0 spiro atoms. The highest BCUT2D eigenvalue weighted by molar-refractivity contribution is 7.92. The molecule has 7 nitrogen and oxygen atoms in total. The van der Waals surface area contributed by atoms with Crippen molar-refractivity contribution in [2.75, 3.05) is 4.72 Å². The number of anilines is 1. The molecule has 0 fully saturated rings. The Labute approximate surface area is 176 Å². The van der Waals surface area contributed by atoms with Gasteiger partial charge in [-0.15, -0.1) is 11.3 Å². The number of aryl methyl sites for hydroxylation is 1. The molecule has 9 heteroatoms. The third-order valence-corrected chi connectivity index (χ3v) is 6.74. The summed E-state index contributed by atoms with van der Waals surface area (Å²) < 4.78 is 29.5. The minimum absolute atomic E-state index is 0.0507. The highest BCUT2D eigenvalue weighted by Gasteiger charge is 2.16. The summed E-state index contributed by atoms with van der Waals surface area (Å²) in [6, 6.07) is 14.0. The predicted molar refractivity (Wildman–Crippen MR) is 117 cm³/mol. The molecule has 0 aliphatic heterocycles. The Bertz CT molecular complexity index is 1440. The van der Waals surface area contributed by atoms with Crippen LogP contribution in [0, 0.1) is 6.92 Å². The minimum atomic E-state index is -3.84. The number of Topliss-reactive ketones (excluding diaryl/α,β-unsaturated/α-hetero) is 1. The maximum Gasteiger partial charge on any atom is 0.261 e. The standard InChI is InChI=1S/C21H17N3O4S2/c1-13-10-20(26)24-19(12-29-21(24)22-13)16-4-3-5-17(11-16)23-30(27,28)18-8-6-15(7-9-18)14(2)25/h3-12,23H,1-2H3. The molecular formula is C21H17N3O4S2. The van der Waals surface area contributed by atoms with Crippen molar-refractivity contribution in [2.45, 2.75) is 18.7 Å². The highest BCUT2D eigenvalue weighted by Crippen LogP contribution is 2.27. The van der Waals surface area contributed by atoms with Gasteiger partial charge in [-0.25, -0.2) is 13.4 Å². The number of carbonyl (C=O) groups is 1. The highest BCUT2D eigenvalue weighted by atomic mass is 32.2. The Kier molecular flexibility index (Phi) is 5.00. The van der Waals surface area contributed by atoms with Crippen molar-refractivity contribution in [2.24, 2.45) is 0 Å². The minimum Gasteiger partial charge on any atom is -0.295 e. The van der Waals surface area contributed by atoms with Crippen LogP contribution < -0.4 is 10.3 Å². The number of hydrogen-bond acceptors (Lipinski definition) is 6. The molecule has 152 valence electrons. The average Bonchev–Trinajstić information content (AvgIpc) is 3.12. The summed E-state index contributed by atoms with van der Waals surface area (Å²) in [6.45, 7) is 3.18. The summed E-state index contributed by atoms with van der Waals surface area (Å²) in [5, 5.41) is 1.82. The fourth-order valence-electron chi connectivity index (χ4n) is 3.05. The molecule has 2 aromatic heterocycles. The number of nitrogens with zero attached hydrogens (tertiary/aromatic N) is 2. The van der Waals surface area contributed by atoms with E-state index in [-0.39, 0.29) is 16.2 Å². The SMILES string of the molecule is CC(=O)c1ccc(S(=O)(=O)Nc2cccc(-c3csc4nc(C)cc(=O)n34)c2)cc1. The largest absolute Gasteiger partial charge is 0.295 e. The van der Waals surface area contributed by atoms with Crippen LogP contribution in [0.25, 0.3) is 16.2 Å². The maximum absolute atomic E-state index is 12.7. The first-order valence-electron chi connectivity index (χ1n) is 8.97. The van der Waals surface area contributed by atoms with Crippen molar-refractivity contribution in [3.63, 3.8) is 0 Å². The van der Waals surface area contributed by atoms with E-state index in [1.54, 1.807) is 31.2 Å². The lowest BCUT2D eigenvalue weighted by Crippen LogP contribution is -2.14. The molecule has 1 N–H and O–H groups in total. The van der Waals surface area contributed by atoms with E-state index in [1.165, 1.54) is 53.0 Å². The van der Waals surface area contributed by atoms with E-state index < -0.39 is 10.0 Å². The second-order valence-corrected chi connectivity index (χ2v) is 9.26. The summed E-state index contributed by atoms with van der Waals surface area (Å²) in [6.07, 6.45) is 0. The van der Waals surface area contributed by atoms with Crippen molar-refractivity contribution in [3.05, 3.63) is 81.6 Å². The van der Waals surface area contributed by atoms with Gasteiger partial charge in [-0.05, 0) is 38.1 Å². The van der Waals surface area contributed by atoms with E-state index >= 15 is 0 Å². The molecule has 0 bridgehead atoms. The number of rotatable bonds is 5. The first-order chi connectivity index (χ1) is 14.2. The van der Waals surface area contributed by atoms with E-state index in [9.17, 15) is 18.0 Å². The number of sulfonamides is 1. The van der Waals surface area contributed by atoms with E-state index in [0.717, 1.165) is 0 Å². The Hall–Kier alpha value is -3.30. The van der Waals surface area contributed by atoms with Crippen LogP contribution in [-0.2, 0) is 10.0 Å². The van der Waals surface area contributed by atoms with Crippen molar-refractivity contribution in [3.8, 4) is 11.3 Å². The van der Waals surface area contributed by atoms with Gasteiger partial charge in [-0.2, -0.15) is 0 Å². The number of hydrogen-bond donors (Lipinski definition) is 1. The number of nitrogens with one attached hydrogen (secondary N) is 1. The Morgan fingerprint density at radius 3 is 2.53 bits per heavy atom. The third kappa shape index (κ3) is 3.77. The number of carbonyl (C=O) groups excluding carboxylic acids is 1. The van der Waals surface area contributed by atoms with Gasteiger partial charge in [0.1, 0.15) is 0 Å². The molecule has 4 aromatic rings. The van der Waals surface area contributed by atoms with Gasteiger partial charge >= 0.3 is 0 Å². The van der Waals surface area contributed by atoms with Crippen LogP contribution in [0.5, 0.6) is 0 Å². The smallest absolute Gasteiger partial charge is 0.261 e. The van der Waals surface area contributed by atoms with Crippen LogP contribution >= 0.6 is 11.3 Å². The summed E-state index contributed by atoms with van der Waals surface area (Å²) in [7, 11) is -3.84. The molecule has 30 heavy (non-hydrogen) atoms. The topological polar surface area (TPSA) is 97.6 Å². The molecule has 0 unspecified atom stereocenters. The number of ketones is 1. The number of thiazole rings is 1. The van der Waals surface area contributed by atoms with Crippen molar-refractivity contribution in [1.29, 1.82) is 0 Å². The van der Waals surface area contributed by atoms with Gasteiger partial charge < -0.3 is 0 Å². The van der Waals surface area contributed by atoms with Crippen molar-refractivity contribution in [1.82, 2.24) is 9.38 Å². The van der Waals surface area contributed by atoms with Crippen LogP contribution in [0.1, 0.15) is 23.0 Å². The molecule has 2 aromatic carbocycles. The predicted octanol–water partition coefficient (Wildman–Crippen LogP) is 3.73. The monoisotopic (exact) mass is 439 g/mol. The molecular weight excluding hydrogens is 422 g/mol. The van der Waals surface area contributed by atoms with E-state index in [2.05, 4.69) is 9.71 Å². The Morgan fingerprint density at radius 1 is 1.10 bits per heavy atom. The lowest BCUT2D eigenvalue weighted by Gasteiger charge is -2.10. The van der Waals surface area contributed by atoms with Crippen LogP contribution in [0.2, 0.25) is 0 Å². The second-order valence-electron chi connectivity index (χ2n) is 6.74. The van der Waals surface area contributed by atoms with Gasteiger partial charge in [0.15, 0.2) is 10.7 Å². The zero-order chi connectivity index (χ0) is 21.5. The van der Waals surface area contributed by atoms with Gasteiger partial charge in [0.25, 0.3) is 15.6 Å². The van der Waals surface area contributed by atoms with E-state index in [4.69, 9.17) is 0 Å². The van der Waals surface area contributed by atoms with Crippen molar-refractivity contribution < 1.29 is 13.2 Å². The molecule has 2 heterocycles. The summed E-state index contributed by atoms with van der Waals surface area (Å²) >= 11 is 1.34. The molecule has 4 rings (SSSR count). The third-order valence-electron chi connectivity index (χ3n) is 4.51. The van der Waals surface area contributed by atoms with Crippen LogP contribution in [0.15, 0.2) is 69.7 Å². The molecule has 0 aliphatic carbocycles. The molecule has 0 saturated carbocycles. The van der Waals surface area contributed by atoms with Gasteiger partial charge in [0.05, 0.1) is 10.6 Å². The molecule has 0 saturated heterocycles. The van der Waals surface area contributed by atoms with Gasteiger partial charge in [0.2, 0.25) is 0 Å². The average molecular weight is 440 g/mol. The van der Waals surface area contributed by atoms with E-state index in [1.807, 2.05) is 5.38 Å². The number of fused-ring (bicyclic) bond motifs is 1. The Balaban J connectivity index is 1.69. The van der Waals surface area contributed by atoms with Gasteiger partial charge in [-0.1, -0.05) is 24.3 Å². The quantitative estimate of drug-likeness (QED) is 0.478. The number of benzene rings is 2. The normalized spacial score (nSPS) is 11.5. The number of aromatic nitrogens is 2. The fraction of sp³-hybridized carbons (Fsp3) is 0.0952. The van der Waals surface area contributed by atoms with Crippen LogP contribution in [0.3, 0.4) is 0 Å². The lowest BCUT2D eigenvalue weighted by molar-refractivity contribution is 0.101. The van der Waals surface area contributed by atoms with Crippen LogP contribution in [-0.4, -0.2) is 23.6 Å². The van der Waals surface area contributed by atoms with E-state index in [0.29, 0.717) is 33.2 Å². The Morgan fingerprint density at radius 2 is 1.83 bits per heavy atom. The fourth-order valence-corrected chi connectivity index (χ4v) is 5.05. The molecule has 0 aliphatic rings. The zero-order valence-electron chi connectivity index (χ0n) is 16.1. The van der Waals surface area contributed by atoms with Gasteiger partial charge in [-0.3, -0.25) is 18.7 Å². The first kappa shape index (κ1) is 20.0. The van der Waals surface area contributed by atoms with Gasteiger partial charge in [0, 0.05) is 34.0 Å². The second kappa shape index (κ2) is 7.51. The molecule has 0 amide bonds.